The summed E-state index contributed by atoms with van der Waals surface area (Å²) in [5.41, 5.74) is 2.90. The molecule has 0 saturated carbocycles. The Bertz CT molecular complexity index is 810. The third kappa shape index (κ3) is 6.60. The van der Waals surface area contributed by atoms with Gasteiger partial charge < -0.3 is 5.32 Å². The van der Waals surface area contributed by atoms with Crippen LogP contribution in [0.3, 0.4) is 0 Å². The predicted molar refractivity (Wildman–Crippen MR) is 109 cm³/mol. The summed E-state index contributed by atoms with van der Waals surface area (Å²) in [4.78, 5) is 19.1. The topological polar surface area (TPSA) is 45.2 Å². The van der Waals surface area contributed by atoms with Crippen LogP contribution in [0, 0.1) is 17.6 Å². The lowest BCUT2D eigenvalue weighted by molar-refractivity contribution is -0.121. The van der Waals surface area contributed by atoms with Crippen LogP contribution in [0.2, 0.25) is 0 Å². The highest BCUT2D eigenvalue weighted by atomic mass is 19.2. The van der Waals surface area contributed by atoms with Crippen LogP contribution in [0.4, 0.5) is 8.78 Å². The molecule has 0 unspecified atom stereocenters. The molecule has 3 rings (SSSR count). The zero-order valence-electron chi connectivity index (χ0n) is 17.0. The minimum absolute atomic E-state index is 0.0522. The first-order chi connectivity index (χ1) is 14.0. The number of pyridine rings is 1. The number of carbonyl (C=O) groups is 1. The number of hydrogen-bond acceptors (Lipinski definition) is 3. The van der Waals surface area contributed by atoms with Gasteiger partial charge in [-0.25, -0.2) is 8.78 Å². The number of rotatable bonds is 8. The molecule has 156 valence electrons. The molecule has 1 saturated heterocycles. The van der Waals surface area contributed by atoms with Crippen LogP contribution in [0.1, 0.15) is 49.4 Å². The smallest absolute Gasteiger partial charge is 0.220 e. The van der Waals surface area contributed by atoms with E-state index in [0.29, 0.717) is 17.9 Å². The number of likely N-dealkylation sites (tertiary alicyclic amines) is 1. The van der Waals surface area contributed by atoms with E-state index in [2.05, 4.69) is 34.3 Å². The van der Waals surface area contributed by atoms with Gasteiger partial charge in [-0.1, -0.05) is 19.1 Å². The van der Waals surface area contributed by atoms with Crippen molar-refractivity contribution in [2.45, 2.75) is 52.1 Å². The number of nitrogens with one attached hydrogen (secondary N) is 1. The standard InChI is InChI=1S/C23H29F2N3O/c1-2-17-5-8-20(26-13-17)16-28-11-3-4-18(15-28)7-10-23(29)27-14-19-6-9-21(24)22(25)12-19/h5-6,8-9,12-13,18H,2-4,7,10-11,14-16H2,1H3,(H,27,29)/t18-/m0/s1. The fraction of sp³-hybridized carbons (Fsp3) is 0.478. The van der Waals surface area contributed by atoms with Crippen molar-refractivity contribution in [1.29, 1.82) is 0 Å². The van der Waals surface area contributed by atoms with Crippen molar-refractivity contribution in [3.05, 3.63) is 65.0 Å². The average molecular weight is 402 g/mol. The van der Waals surface area contributed by atoms with Crippen molar-refractivity contribution in [3.8, 4) is 0 Å². The molecule has 1 aliphatic heterocycles. The van der Waals surface area contributed by atoms with Gasteiger partial charge in [0.15, 0.2) is 11.6 Å². The van der Waals surface area contributed by atoms with Crippen LogP contribution in [0.15, 0.2) is 36.5 Å². The second kappa shape index (κ2) is 10.4. The lowest BCUT2D eigenvalue weighted by Gasteiger charge is -2.32. The Labute approximate surface area is 171 Å². The largest absolute Gasteiger partial charge is 0.352 e. The van der Waals surface area contributed by atoms with Crippen molar-refractivity contribution < 1.29 is 13.6 Å². The maximum atomic E-state index is 13.2. The normalized spacial score (nSPS) is 17.3. The van der Waals surface area contributed by atoms with Crippen LogP contribution in [0.5, 0.6) is 0 Å². The van der Waals surface area contributed by atoms with Crippen molar-refractivity contribution in [2.75, 3.05) is 13.1 Å². The SMILES string of the molecule is CCc1ccc(CN2CCC[C@@H](CCC(=O)NCc3ccc(F)c(F)c3)C2)nc1. The molecular formula is C23H29F2N3O. The van der Waals surface area contributed by atoms with Crippen molar-refractivity contribution in [3.63, 3.8) is 0 Å². The highest BCUT2D eigenvalue weighted by Crippen LogP contribution is 2.22. The number of piperidine rings is 1. The van der Waals surface area contributed by atoms with Crippen LogP contribution in [-0.4, -0.2) is 28.9 Å². The van der Waals surface area contributed by atoms with Gasteiger partial charge in [-0.3, -0.25) is 14.7 Å². The van der Waals surface area contributed by atoms with E-state index in [1.807, 2.05) is 6.20 Å². The summed E-state index contributed by atoms with van der Waals surface area (Å²) >= 11 is 0. The van der Waals surface area contributed by atoms with Gasteiger partial charge in [0.25, 0.3) is 0 Å². The molecule has 0 radical (unpaired) electrons. The van der Waals surface area contributed by atoms with Gasteiger partial charge >= 0.3 is 0 Å². The minimum atomic E-state index is -0.891. The third-order valence-electron chi connectivity index (χ3n) is 5.54. The van der Waals surface area contributed by atoms with Gasteiger partial charge in [-0.2, -0.15) is 0 Å². The average Bonchev–Trinajstić information content (AvgIpc) is 2.74. The Hall–Kier alpha value is -2.34. The van der Waals surface area contributed by atoms with E-state index in [1.54, 1.807) is 0 Å². The summed E-state index contributed by atoms with van der Waals surface area (Å²) in [6.07, 6.45) is 6.50. The molecule has 6 heteroatoms. The number of carbonyl (C=O) groups excluding carboxylic acids is 1. The minimum Gasteiger partial charge on any atom is -0.352 e. The van der Waals surface area contributed by atoms with Gasteiger partial charge in [0.05, 0.1) is 5.69 Å². The summed E-state index contributed by atoms with van der Waals surface area (Å²) < 4.78 is 26.2. The van der Waals surface area contributed by atoms with E-state index in [9.17, 15) is 13.6 Å². The van der Waals surface area contributed by atoms with Crippen molar-refractivity contribution >= 4 is 5.91 Å². The molecule has 1 aromatic carbocycles. The molecule has 1 amide bonds. The monoisotopic (exact) mass is 401 g/mol. The lowest BCUT2D eigenvalue weighted by atomic mass is 9.93. The summed E-state index contributed by atoms with van der Waals surface area (Å²) in [5.74, 6) is -1.33. The van der Waals surface area contributed by atoms with Crippen LogP contribution in [-0.2, 0) is 24.3 Å². The Morgan fingerprint density at radius 2 is 2.03 bits per heavy atom. The van der Waals surface area contributed by atoms with E-state index in [1.165, 1.54) is 11.6 Å². The molecule has 0 bridgehead atoms. The maximum absolute atomic E-state index is 13.2. The van der Waals surface area contributed by atoms with Gasteiger partial charge in [0, 0.05) is 32.3 Å². The Morgan fingerprint density at radius 3 is 2.76 bits per heavy atom. The summed E-state index contributed by atoms with van der Waals surface area (Å²) in [6, 6.07) is 7.93. The molecule has 1 atom stereocenters. The number of benzene rings is 1. The Kier molecular flexibility index (Phi) is 7.69. The zero-order valence-corrected chi connectivity index (χ0v) is 17.0. The molecule has 2 heterocycles. The van der Waals surface area contributed by atoms with E-state index in [-0.39, 0.29) is 12.5 Å². The van der Waals surface area contributed by atoms with Crippen LogP contribution < -0.4 is 5.32 Å². The first-order valence-corrected chi connectivity index (χ1v) is 10.4. The molecule has 1 aromatic heterocycles. The number of amides is 1. The molecule has 2 aromatic rings. The number of nitrogens with zero attached hydrogens (tertiary/aromatic N) is 2. The lowest BCUT2D eigenvalue weighted by Crippen LogP contribution is -2.35. The van der Waals surface area contributed by atoms with E-state index >= 15 is 0 Å². The molecule has 1 fully saturated rings. The second-order valence-corrected chi connectivity index (χ2v) is 7.82. The Morgan fingerprint density at radius 1 is 1.21 bits per heavy atom. The highest BCUT2D eigenvalue weighted by molar-refractivity contribution is 5.75. The van der Waals surface area contributed by atoms with Gasteiger partial charge in [0.2, 0.25) is 5.91 Å². The number of aromatic nitrogens is 1. The number of halogens is 2. The fourth-order valence-electron chi connectivity index (χ4n) is 3.79. The molecule has 0 spiro atoms. The van der Waals surface area contributed by atoms with E-state index < -0.39 is 11.6 Å². The first-order valence-electron chi connectivity index (χ1n) is 10.4. The summed E-state index contributed by atoms with van der Waals surface area (Å²) in [6.45, 7) is 5.23. The van der Waals surface area contributed by atoms with Gasteiger partial charge in [-0.05, 0) is 67.5 Å². The number of aryl methyl sites for hydroxylation is 1. The molecular weight excluding hydrogens is 372 g/mol. The fourth-order valence-corrected chi connectivity index (χ4v) is 3.79. The summed E-state index contributed by atoms with van der Waals surface area (Å²) in [7, 11) is 0. The predicted octanol–water partition coefficient (Wildman–Crippen LogP) is 4.23. The highest BCUT2D eigenvalue weighted by Gasteiger charge is 2.21. The quantitative estimate of drug-likeness (QED) is 0.720. The van der Waals surface area contributed by atoms with Crippen LogP contribution in [0.25, 0.3) is 0 Å². The van der Waals surface area contributed by atoms with E-state index in [4.69, 9.17) is 0 Å². The van der Waals surface area contributed by atoms with E-state index in [0.717, 1.165) is 63.1 Å². The van der Waals surface area contributed by atoms with Crippen molar-refractivity contribution in [2.24, 2.45) is 5.92 Å². The number of hydrogen-bond donors (Lipinski definition) is 1. The molecule has 0 aliphatic carbocycles. The third-order valence-corrected chi connectivity index (χ3v) is 5.54. The van der Waals surface area contributed by atoms with Gasteiger partial charge in [-0.15, -0.1) is 0 Å². The Balaban J connectivity index is 1.40. The maximum Gasteiger partial charge on any atom is 0.220 e. The second-order valence-electron chi connectivity index (χ2n) is 7.82. The molecule has 29 heavy (non-hydrogen) atoms. The zero-order chi connectivity index (χ0) is 20.6. The molecule has 1 N–H and O–H groups in total. The molecule has 1 aliphatic rings. The van der Waals surface area contributed by atoms with Crippen molar-refractivity contribution in [1.82, 2.24) is 15.2 Å². The summed E-state index contributed by atoms with van der Waals surface area (Å²) in [5, 5.41) is 2.80. The van der Waals surface area contributed by atoms with Gasteiger partial charge in [0.1, 0.15) is 0 Å². The van der Waals surface area contributed by atoms with Crippen LogP contribution >= 0.6 is 0 Å². The molecule has 4 nitrogen and oxygen atoms in total. The first kappa shape index (κ1) is 21.4.